The van der Waals surface area contributed by atoms with Crippen molar-refractivity contribution in [3.63, 3.8) is 0 Å². The van der Waals surface area contributed by atoms with E-state index in [-0.39, 0.29) is 24.0 Å². The van der Waals surface area contributed by atoms with Gasteiger partial charge in [-0.15, -0.1) is 0 Å². The standard InChI is InChI=1S/C23H29ClN4O6S/c1-15(2)25-23(30)17(4)26(13-18-7-9-19(24)10-8-18)22(29)14-27(35(5,33)34)21-12-20(28(31)32)11-6-16(21)3/h6-12,15,17H,13-14H2,1-5H3,(H,25,30)/t17-/m0/s1. The maximum absolute atomic E-state index is 13.5. The number of anilines is 1. The summed E-state index contributed by atoms with van der Waals surface area (Å²) in [5.74, 6) is -1.05. The number of sulfonamides is 1. The summed E-state index contributed by atoms with van der Waals surface area (Å²) in [4.78, 5) is 38.1. The lowest BCUT2D eigenvalue weighted by atomic mass is 10.1. The van der Waals surface area contributed by atoms with Gasteiger partial charge in [-0.25, -0.2) is 8.42 Å². The van der Waals surface area contributed by atoms with Crippen LogP contribution < -0.4 is 9.62 Å². The fraction of sp³-hybridized carbons (Fsp3) is 0.391. The second-order valence-electron chi connectivity index (χ2n) is 8.48. The number of non-ortho nitro benzene ring substituents is 1. The Morgan fingerprint density at radius 1 is 1.11 bits per heavy atom. The zero-order valence-electron chi connectivity index (χ0n) is 20.2. The van der Waals surface area contributed by atoms with Crippen LogP contribution in [0.15, 0.2) is 42.5 Å². The first-order valence-electron chi connectivity index (χ1n) is 10.8. The Morgan fingerprint density at radius 3 is 2.23 bits per heavy atom. The highest BCUT2D eigenvalue weighted by atomic mass is 35.5. The van der Waals surface area contributed by atoms with Gasteiger partial charge in [-0.05, 0) is 51.0 Å². The Morgan fingerprint density at radius 2 is 1.71 bits per heavy atom. The molecule has 10 nitrogen and oxygen atoms in total. The predicted molar refractivity (Wildman–Crippen MR) is 135 cm³/mol. The van der Waals surface area contributed by atoms with E-state index in [2.05, 4.69) is 5.32 Å². The van der Waals surface area contributed by atoms with Crippen LogP contribution in [-0.4, -0.2) is 54.9 Å². The Hall–Kier alpha value is -3.18. The highest BCUT2D eigenvalue weighted by molar-refractivity contribution is 7.92. The minimum absolute atomic E-state index is 0.0146. The molecule has 2 amide bonds. The molecule has 0 saturated carbocycles. The molecule has 0 unspecified atom stereocenters. The van der Waals surface area contributed by atoms with E-state index in [9.17, 15) is 28.1 Å². The third-order valence-electron chi connectivity index (χ3n) is 5.22. The van der Waals surface area contributed by atoms with E-state index in [0.29, 0.717) is 16.1 Å². The number of hydrogen-bond donors (Lipinski definition) is 1. The first-order chi connectivity index (χ1) is 16.2. The van der Waals surface area contributed by atoms with E-state index in [4.69, 9.17) is 11.6 Å². The van der Waals surface area contributed by atoms with Crippen LogP contribution in [0.5, 0.6) is 0 Å². The lowest BCUT2D eigenvalue weighted by molar-refractivity contribution is -0.384. The molecular weight excluding hydrogens is 496 g/mol. The van der Waals surface area contributed by atoms with Gasteiger partial charge in [-0.2, -0.15) is 0 Å². The molecule has 2 aromatic rings. The van der Waals surface area contributed by atoms with Gasteiger partial charge in [0.15, 0.2) is 0 Å². The summed E-state index contributed by atoms with van der Waals surface area (Å²) >= 11 is 5.95. The molecule has 190 valence electrons. The number of nitro benzene ring substituents is 1. The van der Waals surface area contributed by atoms with E-state index in [1.54, 1.807) is 52.0 Å². The predicted octanol–water partition coefficient (Wildman–Crippen LogP) is 3.26. The van der Waals surface area contributed by atoms with Gasteiger partial charge >= 0.3 is 0 Å². The summed E-state index contributed by atoms with van der Waals surface area (Å²) in [5, 5.41) is 14.5. The minimum atomic E-state index is -4.01. The molecule has 0 radical (unpaired) electrons. The Bertz CT molecular complexity index is 1200. The summed E-state index contributed by atoms with van der Waals surface area (Å²) in [6.45, 7) is 6.08. The summed E-state index contributed by atoms with van der Waals surface area (Å²) in [7, 11) is -4.01. The Labute approximate surface area is 210 Å². The summed E-state index contributed by atoms with van der Waals surface area (Å²) < 4.78 is 26.1. The number of nitrogens with one attached hydrogen (secondary N) is 1. The molecule has 0 aliphatic heterocycles. The zero-order valence-corrected chi connectivity index (χ0v) is 21.8. The van der Waals surface area contributed by atoms with Crippen molar-refractivity contribution < 1.29 is 22.9 Å². The average Bonchev–Trinajstić information content (AvgIpc) is 2.75. The van der Waals surface area contributed by atoms with Gasteiger partial charge < -0.3 is 10.2 Å². The number of carbonyl (C=O) groups is 2. The Kier molecular flexibility index (Phi) is 9.22. The van der Waals surface area contributed by atoms with Crippen molar-refractivity contribution in [2.75, 3.05) is 17.1 Å². The van der Waals surface area contributed by atoms with Crippen LogP contribution in [0.2, 0.25) is 5.02 Å². The molecule has 0 fully saturated rings. The lowest BCUT2D eigenvalue weighted by Crippen LogP contribution is -2.52. The molecule has 0 heterocycles. The van der Waals surface area contributed by atoms with Crippen molar-refractivity contribution in [3.05, 3.63) is 68.7 Å². The Balaban J connectivity index is 2.47. The number of hydrogen-bond acceptors (Lipinski definition) is 6. The van der Waals surface area contributed by atoms with Crippen LogP contribution >= 0.6 is 11.6 Å². The van der Waals surface area contributed by atoms with Crippen molar-refractivity contribution >= 4 is 44.8 Å². The number of rotatable bonds is 10. The zero-order chi connectivity index (χ0) is 26.5. The number of benzene rings is 2. The number of nitrogens with zero attached hydrogens (tertiary/aromatic N) is 3. The molecular formula is C23H29ClN4O6S. The quantitative estimate of drug-likeness (QED) is 0.375. The number of aryl methyl sites for hydroxylation is 1. The molecule has 35 heavy (non-hydrogen) atoms. The number of carbonyl (C=O) groups excluding carboxylic acids is 2. The van der Waals surface area contributed by atoms with Crippen molar-refractivity contribution in [3.8, 4) is 0 Å². The summed E-state index contributed by atoms with van der Waals surface area (Å²) in [5.41, 5.74) is 0.822. The normalized spacial score (nSPS) is 12.2. The highest BCUT2D eigenvalue weighted by Gasteiger charge is 2.31. The third kappa shape index (κ3) is 7.66. The maximum atomic E-state index is 13.5. The highest BCUT2D eigenvalue weighted by Crippen LogP contribution is 2.28. The number of halogens is 1. The second kappa shape index (κ2) is 11.5. The molecule has 1 atom stereocenters. The van der Waals surface area contributed by atoms with Gasteiger partial charge in [-0.1, -0.05) is 29.8 Å². The van der Waals surface area contributed by atoms with Gasteiger partial charge in [0.1, 0.15) is 12.6 Å². The molecule has 2 aromatic carbocycles. The monoisotopic (exact) mass is 524 g/mol. The van der Waals surface area contributed by atoms with Gasteiger partial charge in [-0.3, -0.25) is 24.0 Å². The van der Waals surface area contributed by atoms with Crippen LogP contribution in [0.3, 0.4) is 0 Å². The molecule has 0 aliphatic rings. The van der Waals surface area contributed by atoms with E-state index < -0.39 is 39.3 Å². The van der Waals surface area contributed by atoms with E-state index >= 15 is 0 Å². The fourth-order valence-electron chi connectivity index (χ4n) is 3.35. The average molecular weight is 525 g/mol. The second-order valence-corrected chi connectivity index (χ2v) is 10.8. The molecule has 0 bridgehead atoms. The smallest absolute Gasteiger partial charge is 0.271 e. The molecule has 2 rings (SSSR count). The summed E-state index contributed by atoms with van der Waals surface area (Å²) in [6, 6.07) is 9.39. The van der Waals surface area contributed by atoms with Crippen LogP contribution in [0.25, 0.3) is 0 Å². The molecule has 0 aliphatic carbocycles. The summed E-state index contributed by atoms with van der Waals surface area (Å²) in [6.07, 6.45) is 0.914. The van der Waals surface area contributed by atoms with Gasteiger partial charge in [0.05, 0.1) is 16.9 Å². The van der Waals surface area contributed by atoms with Crippen molar-refractivity contribution in [1.82, 2.24) is 10.2 Å². The van der Waals surface area contributed by atoms with Crippen molar-refractivity contribution in [2.45, 2.75) is 46.3 Å². The first kappa shape index (κ1) is 28.1. The van der Waals surface area contributed by atoms with Crippen LogP contribution in [-0.2, 0) is 26.2 Å². The topological polar surface area (TPSA) is 130 Å². The number of nitro groups is 1. The van der Waals surface area contributed by atoms with Crippen LogP contribution in [0.4, 0.5) is 11.4 Å². The van der Waals surface area contributed by atoms with Gasteiger partial charge in [0.25, 0.3) is 5.69 Å². The number of amides is 2. The molecule has 1 N–H and O–H groups in total. The third-order valence-corrected chi connectivity index (χ3v) is 6.59. The molecule has 12 heteroatoms. The van der Waals surface area contributed by atoms with Crippen LogP contribution in [0, 0.1) is 17.0 Å². The molecule has 0 spiro atoms. The van der Waals surface area contributed by atoms with Crippen molar-refractivity contribution in [2.24, 2.45) is 0 Å². The minimum Gasteiger partial charge on any atom is -0.352 e. The van der Waals surface area contributed by atoms with E-state index in [1.807, 2.05) is 0 Å². The first-order valence-corrected chi connectivity index (χ1v) is 13.0. The van der Waals surface area contributed by atoms with Gasteiger partial charge in [0, 0.05) is 29.7 Å². The van der Waals surface area contributed by atoms with Crippen molar-refractivity contribution in [1.29, 1.82) is 0 Å². The lowest BCUT2D eigenvalue weighted by Gasteiger charge is -2.32. The largest absolute Gasteiger partial charge is 0.352 e. The van der Waals surface area contributed by atoms with Crippen LogP contribution in [0.1, 0.15) is 31.9 Å². The SMILES string of the molecule is Cc1ccc([N+](=O)[O-])cc1N(CC(=O)N(Cc1ccc(Cl)cc1)[C@@H](C)C(=O)NC(C)C)S(C)(=O)=O. The molecule has 0 saturated heterocycles. The molecule has 0 aromatic heterocycles. The fourth-order valence-corrected chi connectivity index (χ4v) is 4.37. The van der Waals surface area contributed by atoms with Gasteiger partial charge in [0.2, 0.25) is 21.8 Å². The van der Waals surface area contributed by atoms with E-state index in [1.165, 1.54) is 17.0 Å². The maximum Gasteiger partial charge on any atom is 0.271 e. The van der Waals surface area contributed by atoms with E-state index in [0.717, 1.165) is 16.6 Å².